The van der Waals surface area contributed by atoms with Gasteiger partial charge in [-0.3, -0.25) is 0 Å². The summed E-state index contributed by atoms with van der Waals surface area (Å²) in [4.78, 5) is 0. The van der Waals surface area contributed by atoms with Crippen molar-refractivity contribution in [1.82, 2.24) is 0 Å². The molecule has 0 aliphatic rings. The van der Waals surface area contributed by atoms with Gasteiger partial charge in [0.25, 0.3) is 0 Å². The van der Waals surface area contributed by atoms with Crippen LogP contribution in [0.4, 0.5) is 0 Å². The summed E-state index contributed by atoms with van der Waals surface area (Å²) >= 11 is 5.81. The van der Waals surface area contributed by atoms with E-state index in [1.165, 1.54) is 6.42 Å². The molecule has 0 heterocycles. The molecule has 0 bridgehead atoms. The van der Waals surface area contributed by atoms with Gasteiger partial charge in [-0.15, -0.1) is 11.6 Å². The van der Waals surface area contributed by atoms with Crippen LogP contribution < -0.4 is 0 Å². The molecule has 0 aromatic rings. The predicted molar refractivity (Wildman–Crippen MR) is 48.5 cm³/mol. The molecule has 0 aliphatic heterocycles. The molecule has 0 aliphatic carbocycles. The Kier molecular flexibility index (Phi) is 5.15. The van der Waals surface area contributed by atoms with E-state index in [1.54, 1.807) is 0 Å². The monoisotopic (exact) mass is 162 g/mol. The Morgan fingerprint density at radius 2 is 1.60 bits per heavy atom. The van der Waals surface area contributed by atoms with Gasteiger partial charge in [0.05, 0.1) is 0 Å². The molecule has 0 spiro atoms. The van der Waals surface area contributed by atoms with Gasteiger partial charge >= 0.3 is 0 Å². The summed E-state index contributed by atoms with van der Waals surface area (Å²) in [5.41, 5.74) is 0. The number of hydrogen-bond acceptors (Lipinski definition) is 0. The van der Waals surface area contributed by atoms with Crippen molar-refractivity contribution in [2.45, 2.75) is 34.1 Å². The molecule has 1 unspecified atom stereocenters. The van der Waals surface area contributed by atoms with Crippen LogP contribution in [0, 0.1) is 17.8 Å². The van der Waals surface area contributed by atoms with E-state index in [-0.39, 0.29) is 0 Å². The standard InChI is InChI=1S/C9H19Cl/c1-7(2)5-9(6-10)8(3)4/h7-9H,5-6H2,1-4H3. The van der Waals surface area contributed by atoms with Crippen LogP contribution in [0.2, 0.25) is 0 Å². The lowest BCUT2D eigenvalue weighted by Gasteiger charge is -2.19. The predicted octanol–water partition coefficient (Wildman–Crippen LogP) is 3.54. The maximum atomic E-state index is 5.81. The van der Waals surface area contributed by atoms with Gasteiger partial charge in [0.2, 0.25) is 0 Å². The topological polar surface area (TPSA) is 0 Å². The van der Waals surface area contributed by atoms with Crippen molar-refractivity contribution in [2.24, 2.45) is 17.8 Å². The summed E-state index contributed by atoms with van der Waals surface area (Å²) < 4.78 is 0. The van der Waals surface area contributed by atoms with E-state index in [1.807, 2.05) is 0 Å². The molecule has 1 atom stereocenters. The SMILES string of the molecule is CC(C)CC(CCl)C(C)C. The summed E-state index contributed by atoms with van der Waals surface area (Å²) in [7, 11) is 0. The van der Waals surface area contributed by atoms with Gasteiger partial charge in [0, 0.05) is 5.88 Å². The highest BCUT2D eigenvalue weighted by atomic mass is 35.5. The second-order valence-electron chi connectivity index (χ2n) is 3.79. The molecule has 0 fully saturated rings. The van der Waals surface area contributed by atoms with Crippen LogP contribution in [0.15, 0.2) is 0 Å². The third-order valence-electron chi connectivity index (χ3n) is 1.92. The van der Waals surface area contributed by atoms with Crippen molar-refractivity contribution >= 4 is 11.6 Å². The second kappa shape index (κ2) is 5.01. The van der Waals surface area contributed by atoms with Crippen molar-refractivity contribution in [3.63, 3.8) is 0 Å². The molecule has 0 rings (SSSR count). The lowest BCUT2D eigenvalue weighted by Crippen LogP contribution is -2.12. The highest BCUT2D eigenvalue weighted by Crippen LogP contribution is 2.20. The van der Waals surface area contributed by atoms with E-state index in [0.29, 0.717) is 5.92 Å². The minimum Gasteiger partial charge on any atom is -0.126 e. The van der Waals surface area contributed by atoms with Crippen LogP contribution in [-0.2, 0) is 0 Å². The first-order chi connectivity index (χ1) is 4.57. The molecule has 0 saturated carbocycles. The van der Waals surface area contributed by atoms with Gasteiger partial charge in [-0.25, -0.2) is 0 Å². The molecule has 0 nitrogen and oxygen atoms in total. The molecule has 10 heavy (non-hydrogen) atoms. The lowest BCUT2D eigenvalue weighted by molar-refractivity contribution is 0.348. The van der Waals surface area contributed by atoms with Crippen LogP contribution in [0.5, 0.6) is 0 Å². The zero-order chi connectivity index (χ0) is 8.15. The molecule has 62 valence electrons. The summed E-state index contributed by atoms with van der Waals surface area (Å²) in [6.07, 6.45) is 1.27. The van der Waals surface area contributed by atoms with E-state index in [2.05, 4.69) is 27.7 Å². The molecule has 0 aromatic heterocycles. The highest BCUT2D eigenvalue weighted by molar-refractivity contribution is 6.18. The lowest BCUT2D eigenvalue weighted by atomic mass is 9.89. The zero-order valence-electron chi connectivity index (χ0n) is 7.52. The molecular formula is C9H19Cl. The normalized spacial score (nSPS) is 14.7. The number of halogens is 1. The first-order valence-corrected chi connectivity index (χ1v) is 4.67. The summed E-state index contributed by atoms with van der Waals surface area (Å²) in [5.74, 6) is 3.04. The molecule has 1 heteroatoms. The van der Waals surface area contributed by atoms with Crippen LogP contribution in [-0.4, -0.2) is 5.88 Å². The Bertz CT molecular complexity index is 76.8. The number of alkyl halides is 1. The van der Waals surface area contributed by atoms with Gasteiger partial charge in [0.15, 0.2) is 0 Å². The maximum Gasteiger partial charge on any atom is 0.0254 e. The van der Waals surface area contributed by atoms with Crippen molar-refractivity contribution in [3.8, 4) is 0 Å². The van der Waals surface area contributed by atoms with E-state index >= 15 is 0 Å². The van der Waals surface area contributed by atoms with Crippen LogP contribution in [0.25, 0.3) is 0 Å². The van der Waals surface area contributed by atoms with Gasteiger partial charge in [-0.05, 0) is 24.2 Å². The third-order valence-corrected chi connectivity index (χ3v) is 2.31. The van der Waals surface area contributed by atoms with Gasteiger partial charge in [-0.2, -0.15) is 0 Å². The second-order valence-corrected chi connectivity index (χ2v) is 4.10. The summed E-state index contributed by atoms with van der Waals surface area (Å²) in [5, 5.41) is 0. The minimum absolute atomic E-state index is 0.710. The Morgan fingerprint density at radius 3 is 1.70 bits per heavy atom. The Labute approximate surface area is 70.0 Å². The summed E-state index contributed by atoms with van der Waals surface area (Å²) in [6, 6.07) is 0. The Morgan fingerprint density at radius 1 is 1.10 bits per heavy atom. The van der Waals surface area contributed by atoms with Crippen molar-refractivity contribution in [3.05, 3.63) is 0 Å². The Balaban J connectivity index is 3.60. The van der Waals surface area contributed by atoms with E-state index in [9.17, 15) is 0 Å². The van der Waals surface area contributed by atoms with E-state index < -0.39 is 0 Å². The van der Waals surface area contributed by atoms with Crippen LogP contribution in [0.3, 0.4) is 0 Å². The van der Waals surface area contributed by atoms with E-state index in [0.717, 1.165) is 17.7 Å². The number of hydrogen-bond donors (Lipinski definition) is 0. The average molecular weight is 163 g/mol. The average Bonchev–Trinajstić information content (AvgIpc) is 1.81. The molecule has 0 N–H and O–H groups in total. The van der Waals surface area contributed by atoms with Gasteiger partial charge in [-0.1, -0.05) is 27.7 Å². The van der Waals surface area contributed by atoms with Crippen LogP contribution >= 0.6 is 11.6 Å². The first kappa shape index (κ1) is 10.3. The molecule has 0 amide bonds. The van der Waals surface area contributed by atoms with Gasteiger partial charge in [0.1, 0.15) is 0 Å². The fourth-order valence-corrected chi connectivity index (χ4v) is 1.60. The van der Waals surface area contributed by atoms with Crippen molar-refractivity contribution in [1.29, 1.82) is 0 Å². The third kappa shape index (κ3) is 4.16. The minimum atomic E-state index is 0.710. The zero-order valence-corrected chi connectivity index (χ0v) is 8.28. The van der Waals surface area contributed by atoms with Crippen molar-refractivity contribution < 1.29 is 0 Å². The largest absolute Gasteiger partial charge is 0.126 e. The molecular weight excluding hydrogens is 144 g/mol. The quantitative estimate of drug-likeness (QED) is 0.555. The van der Waals surface area contributed by atoms with Crippen molar-refractivity contribution in [2.75, 3.05) is 5.88 Å². The molecule has 0 saturated heterocycles. The Hall–Kier alpha value is 0.290. The number of rotatable bonds is 4. The maximum absolute atomic E-state index is 5.81. The highest BCUT2D eigenvalue weighted by Gasteiger charge is 2.12. The summed E-state index contributed by atoms with van der Waals surface area (Å²) in [6.45, 7) is 8.99. The first-order valence-electron chi connectivity index (χ1n) is 4.13. The fraction of sp³-hybridized carbons (Fsp3) is 1.00. The molecule has 0 radical (unpaired) electrons. The van der Waals surface area contributed by atoms with Gasteiger partial charge < -0.3 is 0 Å². The molecule has 0 aromatic carbocycles. The smallest absolute Gasteiger partial charge is 0.0254 e. The fourth-order valence-electron chi connectivity index (χ4n) is 1.12. The van der Waals surface area contributed by atoms with E-state index in [4.69, 9.17) is 11.6 Å². The van der Waals surface area contributed by atoms with Crippen LogP contribution in [0.1, 0.15) is 34.1 Å².